The molecule has 2 aliphatic carbocycles. The molecule has 0 aromatic heterocycles. The Morgan fingerprint density at radius 1 is 1.38 bits per heavy atom. The third-order valence-corrected chi connectivity index (χ3v) is 4.82. The summed E-state index contributed by atoms with van der Waals surface area (Å²) < 4.78 is 0. The van der Waals surface area contributed by atoms with Gasteiger partial charge in [-0.3, -0.25) is 0 Å². The quantitative estimate of drug-likeness (QED) is 0.613. The van der Waals surface area contributed by atoms with Crippen molar-refractivity contribution in [2.75, 3.05) is 0 Å². The molecule has 0 spiro atoms. The van der Waals surface area contributed by atoms with Gasteiger partial charge in [-0.1, -0.05) is 34.1 Å². The molecule has 13 heavy (non-hydrogen) atoms. The number of hydrogen-bond donors (Lipinski definition) is 0. The van der Waals surface area contributed by atoms with E-state index in [1.165, 1.54) is 19.3 Å². The van der Waals surface area contributed by atoms with Crippen molar-refractivity contribution in [3.63, 3.8) is 0 Å². The van der Waals surface area contributed by atoms with Crippen LogP contribution in [0.5, 0.6) is 0 Å². The van der Waals surface area contributed by atoms with Crippen molar-refractivity contribution in [3.8, 4) is 0 Å². The average Bonchev–Trinajstić information content (AvgIpc) is 2.07. The van der Waals surface area contributed by atoms with E-state index in [1.807, 2.05) is 0 Å². The fourth-order valence-electron chi connectivity index (χ4n) is 4.06. The molecule has 2 aliphatic rings. The fraction of sp³-hybridized carbons (Fsp3) is 1.00. The Bertz CT molecular complexity index is 194. The van der Waals surface area contributed by atoms with Crippen LogP contribution in [0.15, 0.2) is 0 Å². The van der Waals surface area contributed by atoms with Crippen molar-refractivity contribution in [1.29, 1.82) is 0 Å². The second-order valence-electron chi connectivity index (χ2n) is 6.00. The molecular weight excluding hydrogens is 156 g/mol. The van der Waals surface area contributed by atoms with Crippen LogP contribution in [0.2, 0.25) is 0 Å². The molecule has 2 rings (SSSR count). The molecule has 0 amide bonds. The Morgan fingerprint density at radius 2 is 2.08 bits per heavy atom. The van der Waals surface area contributed by atoms with E-state index in [9.17, 15) is 0 Å². The smallest absolute Gasteiger partial charge is 0.0264 e. The van der Waals surface area contributed by atoms with Gasteiger partial charge >= 0.3 is 0 Å². The van der Waals surface area contributed by atoms with Gasteiger partial charge in [-0.25, -0.2) is 0 Å². The van der Waals surface area contributed by atoms with Gasteiger partial charge < -0.3 is 0 Å². The predicted molar refractivity (Wildman–Crippen MR) is 57.6 cm³/mol. The Balaban J connectivity index is 1.97. The largest absolute Gasteiger partial charge is 0.0648 e. The Kier molecular flexibility index (Phi) is 2.20. The van der Waals surface area contributed by atoms with E-state index in [4.69, 9.17) is 0 Å². The van der Waals surface area contributed by atoms with E-state index in [0.29, 0.717) is 0 Å². The summed E-state index contributed by atoms with van der Waals surface area (Å²) in [6, 6.07) is 0. The van der Waals surface area contributed by atoms with E-state index in [2.05, 4.69) is 27.7 Å². The van der Waals surface area contributed by atoms with E-state index in [1.54, 1.807) is 6.42 Å². The first-order chi connectivity index (χ1) is 6.09. The molecule has 2 fully saturated rings. The van der Waals surface area contributed by atoms with Crippen LogP contribution < -0.4 is 0 Å². The van der Waals surface area contributed by atoms with Gasteiger partial charge in [0.1, 0.15) is 0 Å². The zero-order valence-corrected chi connectivity index (χ0v) is 9.64. The molecule has 2 saturated carbocycles. The molecule has 4 unspecified atom stereocenters. The maximum absolute atomic E-state index is 2.44. The van der Waals surface area contributed by atoms with Crippen LogP contribution in [0.4, 0.5) is 0 Å². The van der Waals surface area contributed by atoms with Gasteiger partial charge in [0.15, 0.2) is 0 Å². The van der Waals surface area contributed by atoms with Gasteiger partial charge in [-0.15, -0.1) is 0 Å². The van der Waals surface area contributed by atoms with Crippen molar-refractivity contribution < 1.29 is 0 Å². The van der Waals surface area contributed by atoms with Crippen LogP contribution in [0, 0.1) is 29.1 Å². The molecule has 0 heteroatoms. The van der Waals surface area contributed by atoms with Crippen LogP contribution >= 0.6 is 0 Å². The highest BCUT2D eigenvalue weighted by Crippen LogP contribution is 2.67. The first-order valence-corrected chi connectivity index (χ1v) is 6.09. The molecule has 0 radical (unpaired) electrons. The molecule has 0 nitrogen and oxygen atoms in total. The van der Waals surface area contributed by atoms with Gasteiger partial charge in [0.25, 0.3) is 0 Å². The predicted octanol–water partition coefficient (Wildman–Crippen LogP) is 4.10. The normalized spacial score (nSPS) is 48.2. The van der Waals surface area contributed by atoms with Gasteiger partial charge in [0, 0.05) is 0 Å². The molecule has 0 aliphatic heterocycles. The maximum atomic E-state index is 2.44. The van der Waals surface area contributed by atoms with Crippen LogP contribution in [0.25, 0.3) is 0 Å². The topological polar surface area (TPSA) is 0 Å². The average molecular weight is 180 g/mol. The highest BCUT2D eigenvalue weighted by molar-refractivity contribution is 5.08. The van der Waals surface area contributed by atoms with E-state index in [-0.39, 0.29) is 0 Å². The van der Waals surface area contributed by atoms with Crippen LogP contribution in [0.1, 0.15) is 53.4 Å². The SMILES string of the molecule is CCC1(CC(C)C)CC2C(C)CC21. The lowest BCUT2D eigenvalue weighted by molar-refractivity contribution is -0.167. The summed E-state index contributed by atoms with van der Waals surface area (Å²) in [6.07, 6.45) is 6.00. The molecule has 0 heterocycles. The Morgan fingerprint density at radius 3 is 2.38 bits per heavy atom. The summed E-state index contributed by atoms with van der Waals surface area (Å²) in [5.41, 5.74) is 0.783. The summed E-state index contributed by atoms with van der Waals surface area (Å²) in [5.74, 6) is 4.20. The third kappa shape index (κ3) is 1.25. The second kappa shape index (κ2) is 3.00. The van der Waals surface area contributed by atoms with Crippen molar-refractivity contribution in [1.82, 2.24) is 0 Å². The molecule has 0 aromatic carbocycles. The maximum Gasteiger partial charge on any atom is -0.0264 e. The zero-order valence-electron chi connectivity index (χ0n) is 9.64. The van der Waals surface area contributed by atoms with Crippen LogP contribution in [-0.2, 0) is 0 Å². The first kappa shape index (κ1) is 9.55. The zero-order chi connectivity index (χ0) is 9.64. The lowest BCUT2D eigenvalue weighted by atomic mass is 9.39. The molecule has 0 aromatic rings. The monoisotopic (exact) mass is 180 g/mol. The van der Waals surface area contributed by atoms with E-state index < -0.39 is 0 Å². The summed E-state index contributed by atoms with van der Waals surface area (Å²) in [6.45, 7) is 9.61. The lowest BCUT2D eigenvalue weighted by Gasteiger charge is -2.66. The number of hydrogen-bond acceptors (Lipinski definition) is 0. The molecular formula is C13H24. The third-order valence-electron chi connectivity index (χ3n) is 4.82. The molecule has 0 bridgehead atoms. The van der Waals surface area contributed by atoms with Crippen molar-refractivity contribution in [2.24, 2.45) is 29.1 Å². The summed E-state index contributed by atoms with van der Waals surface area (Å²) >= 11 is 0. The minimum atomic E-state index is 0.783. The van der Waals surface area contributed by atoms with Gasteiger partial charge in [0.2, 0.25) is 0 Å². The van der Waals surface area contributed by atoms with Crippen molar-refractivity contribution in [2.45, 2.75) is 53.4 Å². The summed E-state index contributed by atoms with van der Waals surface area (Å²) in [4.78, 5) is 0. The standard InChI is InChI=1S/C13H24/c1-5-13(7-9(2)3)8-11-10(4)6-12(11)13/h9-12H,5-8H2,1-4H3. The van der Waals surface area contributed by atoms with Gasteiger partial charge in [0.05, 0.1) is 0 Å². The molecule has 76 valence electrons. The van der Waals surface area contributed by atoms with Gasteiger partial charge in [-0.2, -0.15) is 0 Å². The van der Waals surface area contributed by atoms with Crippen LogP contribution in [-0.4, -0.2) is 0 Å². The molecule has 0 N–H and O–H groups in total. The summed E-state index contributed by atoms with van der Waals surface area (Å²) in [7, 11) is 0. The number of rotatable bonds is 3. The highest BCUT2D eigenvalue weighted by atomic mass is 14.6. The minimum absolute atomic E-state index is 0.783. The second-order valence-corrected chi connectivity index (χ2v) is 6.00. The van der Waals surface area contributed by atoms with Gasteiger partial charge in [-0.05, 0) is 48.3 Å². The summed E-state index contributed by atoms with van der Waals surface area (Å²) in [5, 5.41) is 0. The van der Waals surface area contributed by atoms with Crippen molar-refractivity contribution >= 4 is 0 Å². The van der Waals surface area contributed by atoms with Crippen molar-refractivity contribution in [3.05, 3.63) is 0 Å². The fourth-order valence-corrected chi connectivity index (χ4v) is 4.06. The lowest BCUT2D eigenvalue weighted by Crippen LogP contribution is -2.58. The van der Waals surface area contributed by atoms with E-state index >= 15 is 0 Å². The molecule has 0 saturated heterocycles. The van der Waals surface area contributed by atoms with E-state index in [0.717, 1.165) is 29.1 Å². The van der Waals surface area contributed by atoms with Crippen LogP contribution in [0.3, 0.4) is 0 Å². The molecule has 4 atom stereocenters. The minimum Gasteiger partial charge on any atom is -0.0648 e. The Hall–Kier alpha value is 0. The first-order valence-electron chi connectivity index (χ1n) is 6.09. The number of fused-ring (bicyclic) bond motifs is 1. The highest BCUT2D eigenvalue weighted by Gasteiger charge is 2.59. The Labute approximate surface area is 83.1 Å².